The van der Waals surface area contributed by atoms with Crippen LogP contribution in [0.4, 0.5) is 0 Å². The summed E-state index contributed by atoms with van der Waals surface area (Å²) < 4.78 is 10.4. The monoisotopic (exact) mass is 451 g/mol. The lowest BCUT2D eigenvalue weighted by molar-refractivity contribution is 0.00631. The lowest BCUT2D eigenvalue weighted by Gasteiger charge is -2.30. The van der Waals surface area contributed by atoms with Crippen molar-refractivity contribution in [2.45, 2.75) is 45.3 Å². The lowest BCUT2D eigenvalue weighted by Crippen LogP contribution is -2.26. The van der Waals surface area contributed by atoms with Gasteiger partial charge in [0.1, 0.15) is 11.3 Å². The van der Waals surface area contributed by atoms with E-state index in [-0.39, 0.29) is 6.10 Å². The summed E-state index contributed by atoms with van der Waals surface area (Å²) in [6.07, 6.45) is 8.94. The number of imidazole rings is 2. The summed E-state index contributed by atoms with van der Waals surface area (Å²) >= 11 is 8.08. The van der Waals surface area contributed by atoms with Crippen LogP contribution in [-0.4, -0.2) is 36.6 Å². The summed E-state index contributed by atoms with van der Waals surface area (Å²) in [4.78, 5) is 16.8. The van der Waals surface area contributed by atoms with E-state index >= 15 is 0 Å². The predicted octanol–water partition coefficient (Wildman–Crippen LogP) is 5.59. The van der Waals surface area contributed by atoms with Gasteiger partial charge in [0.15, 0.2) is 4.96 Å². The van der Waals surface area contributed by atoms with Gasteiger partial charge in [0, 0.05) is 46.7 Å². The van der Waals surface area contributed by atoms with Gasteiger partial charge < -0.3 is 9.30 Å². The molecule has 5 aromatic rings. The molecule has 8 heteroatoms. The Bertz CT molecular complexity index is 1400. The number of ether oxygens (including phenoxy) is 1. The van der Waals surface area contributed by atoms with Gasteiger partial charge in [0.25, 0.3) is 0 Å². The molecule has 0 spiro atoms. The molecule has 1 aliphatic rings. The molecule has 1 saturated heterocycles. The van der Waals surface area contributed by atoms with E-state index in [1.807, 2.05) is 24.4 Å². The zero-order chi connectivity index (χ0) is 21.1. The van der Waals surface area contributed by atoms with Gasteiger partial charge in [-0.2, -0.15) is 0 Å². The molecule has 4 aromatic heterocycles. The Hall–Kier alpha value is -2.48. The number of fused-ring (bicyclic) bond motifs is 4. The van der Waals surface area contributed by atoms with Crippen LogP contribution in [0.15, 0.2) is 36.8 Å². The van der Waals surface area contributed by atoms with E-state index in [1.165, 1.54) is 4.88 Å². The zero-order valence-electron chi connectivity index (χ0n) is 17.4. The van der Waals surface area contributed by atoms with E-state index in [0.717, 1.165) is 57.9 Å². The molecule has 0 bridgehead atoms. The van der Waals surface area contributed by atoms with Gasteiger partial charge in [-0.15, -0.1) is 11.3 Å². The summed E-state index contributed by atoms with van der Waals surface area (Å²) in [6.45, 7) is 5.01. The SMILES string of the molecule is Cc1cn2cc(Cc3nc4cnc5ccc(Cl)cc5c4n3C3CCO[C@H](C)C3)nc2s1. The Morgan fingerprint density at radius 2 is 2.13 bits per heavy atom. The molecule has 0 aliphatic carbocycles. The number of nitrogens with zero attached hydrogens (tertiary/aromatic N) is 5. The van der Waals surface area contributed by atoms with Crippen LogP contribution in [0.1, 0.15) is 42.2 Å². The van der Waals surface area contributed by atoms with Crippen LogP contribution in [-0.2, 0) is 11.2 Å². The average Bonchev–Trinajstić information content (AvgIpc) is 3.38. The number of thiazole rings is 1. The molecule has 0 saturated carbocycles. The van der Waals surface area contributed by atoms with E-state index in [4.69, 9.17) is 26.3 Å². The van der Waals surface area contributed by atoms with Gasteiger partial charge in [-0.3, -0.25) is 9.38 Å². The maximum atomic E-state index is 6.37. The topological polar surface area (TPSA) is 57.2 Å². The summed E-state index contributed by atoms with van der Waals surface area (Å²) in [5.41, 5.74) is 3.97. The number of hydrogen-bond donors (Lipinski definition) is 0. The third-order valence-corrected chi connectivity index (χ3v) is 7.18. The van der Waals surface area contributed by atoms with Gasteiger partial charge in [-0.05, 0) is 44.9 Å². The molecule has 31 heavy (non-hydrogen) atoms. The Balaban J connectivity index is 1.55. The Labute approximate surface area is 188 Å². The molecular weight excluding hydrogens is 430 g/mol. The van der Waals surface area contributed by atoms with Gasteiger partial charge in [-0.1, -0.05) is 11.6 Å². The van der Waals surface area contributed by atoms with Crippen LogP contribution in [0, 0.1) is 6.92 Å². The van der Waals surface area contributed by atoms with Crippen molar-refractivity contribution in [1.29, 1.82) is 0 Å². The molecule has 2 atom stereocenters. The quantitative estimate of drug-likeness (QED) is 0.359. The van der Waals surface area contributed by atoms with Gasteiger partial charge in [0.05, 0.1) is 29.0 Å². The first-order valence-electron chi connectivity index (χ1n) is 10.6. The maximum absolute atomic E-state index is 6.37. The molecule has 6 nitrogen and oxygen atoms in total. The van der Waals surface area contributed by atoms with E-state index in [9.17, 15) is 0 Å². The highest BCUT2D eigenvalue weighted by Crippen LogP contribution is 2.35. The summed E-state index contributed by atoms with van der Waals surface area (Å²) in [5, 5.41) is 1.76. The molecule has 1 unspecified atom stereocenters. The highest BCUT2D eigenvalue weighted by Gasteiger charge is 2.26. The highest BCUT2D eigenvalue weighted by molar-refractivity contribution is 7.16. The van der Waals surface area contributed by atoms with Crippen LogP contribution in [0.2, 0.25) is 5.02 Å². The van der Waals surface area contributed by atoms with Crippen LogP contribution >= 0.6 is 22.9 Å². The first kappa shape index (κ1) is 19.2. The molecule has 6 rings (SSSR count). The highest BCUT2D eigenvalue weighted by atomic mass is 35.5. The Morgan fingerprint density at radius 3 is 2.97 bits per heavy atom. The minimum atomic E-state index is 0.224. The number of hydrogen-bond acceptors (Lipinski definition) is 5. The fourth-order valence-corrected chi connectivity index (χ4v) is 5.73. The minimum absolute atomic E-state index is 0.224. The standard InChI is InChI=1S/C23H22ClN5OS/c1-13-7-17(5-6-30-13)29-21(9-16-12-28-11-14(2)31-23(28)26-16)27-20-10-25-19-4-3-15(24)8-18(19)22(20)29/h3-4,8,10-13,17H,5-7,9H2,1-2H3/t13-,17?/m1/s1. The number of rotatable bonds is 3. The van der Waals surface area contributed by atoms with Crippen LogP contribution in [0.3, 0.4) is 0 Å². The normalized spacial score (nSPS) is 19.7. The lowest BCUT2D eigenvalue weighted by atomic mass is 10.0. The predicted molar refractivity (Wildman–Crippen MR) is 124 cm³/mol. The van der Waals surface area contributed by atoms with E-state index in [1.54, 1.807) is 11.3 Å². The Morgan fingerprint density at radius 1 is 1.23 bits per heavy atom. The minimum Gasteiger partial charge on any atom is -0.378 e. The van der Waals surface area contributed by atoms with Crippen molar-refractivity contribution in [1.82, 2.24) is 23.9 Å². The van der Waals surface area contributed by atoms with Gasteiger partial charge in [-0.25, -0.2) is 9.97 Å². The van der Waals surface area contributed by atoms with Crippen LogP contribution < -0.4 is 0 Å². The summed E-state index contributed by atoms with van der Waals surface area (Å²) in [7, 11) is 0. The number of halogens is 1. The molecular formula is C23H22ClN5OS. The maximum Gasteiger partial charge on any atom is 0.194 e. The second kappa shape index (κ2) is 7.29. The zero-order valence-corrected chi connectivity index (χ0v) is 19.0. The fraction of sp³-hybridized carbons (Fsp3) is 0.348. The second-order valence-electron chi connectivity index (χ2n) is 8.35. The Kier molecular flexibility index (Phi) is 4.52. The van der Waals surface area contributed by atoms with Crippen LogP contribution in [0.5, 0.6) is 0 Å². The van der Waals surface area contributed by atoms with E-state index in [0.29, 0.717) is 17.5 Å². The van der Waals surface area contributed by atoms with Crippen molar-refractivity contribution >= 4 is 49.8 Å². The van der Waals surface area contributed by atoms with E-state index in [2.05, 4.69) is 40.2 Å². The molecule has 5 heterocycles. The largest absolute Gasteiger partial charge is 0.378 e. The summed E-state index contributed by atoms with van der Waals surface area (Å²) in [6, 6.07) is 6.19. The van der Waals surface area contributed by atoms with Crippen molar-refractivity contribution in [2.24, 2.45) is 0 Å². The fourth-order valence-electron chi connectivity index (χ4n) is 4.73. The summed E-state index contributed by atoms with van der Waals surface area (Å²) in [5.74, 6) is 1.02. The van der Waals surface area contributed by atoms with E-state index < -0.39 is 0 Å². The molecule has 0 N–H and O–H groups in total. The van der Waals surface area contributed by atoms with Crippen LogP contribution in [0.25, 0.3) is 26.9 Å². The van der Waals surface area contributed by atoms with Crippen molar-refractivity contribution < 1.29 is 4.74 Å². The van der Waals surface area contributed by atoms with Gasteiger partial charge >= 0.3 is 0 Å². The molecule has 158 valence electrons. The third-order valence-electron chi connectivity index (χ3n) is 6.03. The number of aromatic nitrogens is 5. The first-order chi connectivity index (χ1) is 15.0. The van der Waals surface area contributed by atoms with Gasteiger partial charge in [0.2, 0.25) is 0 Å². The number of aryl methyl sites for hydroxylation is 1. The number of pyridine rings is 1. The number of benzene rings is 1. The first-order valence-corrected chi connectivity index (χ1v) is 11.8. The van der Waals surface area contributed by atoms with Crippen molar-refractivity contribution in [3.63, 3.8) is 0 Å². The second-order valence-corrected chi connectivity index (χ2v) is 10.0. The molecule has 1 fully saturated rings. The van der Waals surface area contributed by atoms with Crippen molar-refractivity contribution in [3.05, 3.63) is 58.2 Å². The molecule has 0 amide bonds. The van der Waals surface area contributed by atoms with Crippen molar-refractivity contribution in [3.8, 4) is 0 Å². The smallest absolute Gasteiger partial charge is 0.194 e. The average molecular weight is 452 g/mol. The molecule has 1 aliphatic heterocycles. The third kappa shape index (κ3) is 3.32. The van der Waals surface area contributed by atoms with Crippen molar-refractivity contribution in [2.75, 3.05) is 6.61 Å². The molecule has 0 radical (unpaired) electrons. The molecule has 1 aromatic carbocycles.